The van der Waals surface area contributed by atoms with Crippen molar-refractivity contribution in [2.75, 3.05) is 0 Å². The normalized spacial score (nSPS) is 39.5. The predicted octanol–water partition coefficient (Wildman–Crippen LogP) is 2.40. The average Bonchev–Trinajstić information content (AvgIpc) is 1.85. The molecule has 0 aromatic heterocycles. The molecule has 1 aliphatic carbocycles. The quantitative estimate of drug-likeness (QED) is 0.616. The van der Waals surface area contributed by atoms with Crippen LogP contribution in [0.25, 0.3) is 0 Å². The van der Waals surface area contributed by atoms with Crippen LogP contribution in [0.5, 0.6) is 0 Å². The molecule has 65 valence electrons. The molecule has 3 atom stereocenters. The smallest absolute Gasteiger partial charge is 0.0576 e. The highest BCUT2D eigenvalue weighted by atomic mass is 16.3. The molecule has 0 aromatic rings. The first kappa shape index (κ1) is 9.05. The molecular weight excluding hydrogens is 136 g/mol. The van der Waals surface area contributed by atoms with E-state index in [1.807, 2.05) is 0 Å². The van der Waals surface area contributed by atoms with E-state index in [-0.39, 0.29) is 6.10 Å². The van der Waals surface area contributed by atoms with Gasteiger partial charge < -0.3 is 5.11 Å². The SMILES string of the molecule is C[C](C)C1CCC(C)CC1O. The third-order valence-corrected chi connectivity index (χ3v) is 2.82. The van der Waals surface area contributed by atoms with E-state index in [1.165, 1.54) is 18.8 Å². The van der Waals surface area contributed by atoms with Crippen molar-refractivity contribution in [3.8, 4) is 0 Å². The van der Waals surface area contributed by atoms with Crippen molar-refractivity contribution in [1.82, 2.24) is 0 Å². The van der Waals surface area contributed by atoms with Gasteiger partial charge in [-0.3, -0.25) is 0 Å². The van der Waals surface area contributed by atoms with E-state index in [0.29, 0.717) is 5.92 Å². The predicted molar refractivity (Wildman–Crippen MR) is 47.1 cm³/mol. The molecule has 0 aliphatic heterocycles. The number of aliphatic hydroxyl groups is 1. The Kier molecular flexibility index (Phi) is 2.94. The molecule has 3 unspecified atom stereocenters. The van der Waals surface area contributed by atoms with Gasteiger partial charge in [-0.2, -0.15) is 0 Å². The highest BCUT2D eigenvalue weighted by Crippen LogP contribution is 2.33. The van der Waals surface area contributed by atoms with Crippen molar-refractivity contribution < 1.29 is 5.11 Å². The zero-order valence-electron chi connectivity index (χ0n) is 7.80. The Morgan fingerprint density at radius 2 is 1.91 bits per heavy atom. The second-order valence-corrected chi connectivity index (χ2v) is 4.17. The van der Waals surface area contributed by atoms with E-state index in [9.17, 15) is 5.11 Å². The summed E-state index contributed by atoms with van der Waals surface area (Å²) >= 11 is 0. The summed E-state index contributed by atoms with van der Waals surface area (Å²) in [4.78, 5) is 0. The molecule has 1 rings (SSSR count). The zero-order valence-corrected chi connectivity index (χ0v) is 7.80. The third-order valence-electron chi connectivity index (χ3n) is 2.82. The van der Waals surface area contributed by atoms with Crippen LogP contribution in [0.15, 0.2) is 0 Å². The summed E-state index contributed by atoms with van der Waals surface area (Å²) < 4.78 is 0. The Bertz CT molecular complexity index is 120. The fraction of sp³-hybridized carbons (Fsp3) is 0.900. The molecule has 11 heavy (non-hydrogen) atoms. The lowest BCUT2D eigenvalue weighted by Crippen LogP contribution is -2.30. The fourth-order valence-corrected chi connectivity index (χ4v) is 2.02. The topological polar surface area (TPSA) is 20.2 Å². The Labute approximate surface area is 69.8 Å². The first-order valence-corrected chi connectivity index (χ1v) is 4.59. The summed E-state index contributed by atoms with van der Waals surface area (Å²) in [5.74, 6) is 2.59. The zero-order chi connectivity index (χ0) is 8.43. The van der Waals surface area contributed by atoms with E-state index in [0.717, 1.165) is 12.3 Å². The van der Waals surface area contributed by atoms with Gasteiger partial charge in [0.25, 0.3) is 0 Å². The van der Waals surface area contributed by atoms with E-state index in [2.05, 4.69) is 20.8 Å². The lowest BCUT2D eigenvalue weighted by molar-refractivity contribution is 0.0562. The van der Waals surface area contributed by atoms with Crippen LogP contribution < -0.4 is 0 Å². The highest BCUT2D eigenvalue weighted by Gasteiger charge is 2.28. The summed E-state index contributed by atoms with van der Waals surface area (Å²) in [5, 5.41) is 9.69. The number of hydrogen-bond acceptors (Lipinski definition) is 1. The van der Waals surface area contributed by atoms with E-state index >= 15 is 0 Å². The summed E-state index contributed by atoms with van der Waals surface area (Å²) in [6.45, 7) is 6.48. The Hall–Kier alpha value is -0.0400. The van der Waals surface area contributed by atoms with Crippen LogP contribution in [0.2, 0.25) is 0 Å². The summed E-state index contributed by atoms with van der Waals surface area (Å²) in [5.41, 5.74) is 0. The minimum Gasteiger partial charge on any atom is -0.393 e. The molecule has 1 aliphatic rings. The number of hydrogen-bond donors (Lipinski definition) is 1. The molecule has 0 spiro atoms. The van der Waals surface area contributed by atoms with Gasteiger partial charge in [-0.05, 0) is 30.6 Å². The fourth-order valence-electron chi connectivity index (χ4n) is 2.02. The monoisotopic (exact) mass is 155 g/mol. The molecule has 0 bridgehead atoms. The van der Waals surface area contributed by atoms with E-state index in [4.69, 9.17) is 0 Å². The molecule has 0 amide bonds. The van der Waals surface area contributed by atoms with Crippen molar-refractivity contribution in [3.05, 3.63) is 5.92 Å². The van der Waals surface area contributed by atoms with Gasteiger partial charge >= 0.3 is 0 Å². The minimum absolute atomic E-state index is 0.0660. The van der Waals surface area contributed by atoms with Gasteiger partial charge in [0, 0.05) is 0 Å². The van der Waals surface area contributed by atoms with Crippen molar-refractivity contribution in [3.63, 3.8) is 0 Å². The second-order valence-electron chi connectivity index (χ2n) is 4.17. The molecule has 1 radical (unpaired) electrons. The maximum atomic E-state index is 9.69. The number of aliphatic hydroxyl groups excluding tert-OH is 1. The van der Waals surface area contributed by atoms with Crippen molar-refractivity contribution >= 4 is 0 Å². The van der Waals surface area contributed by atoms with Crippen LogP contribution in [-0.4, -0.2) is 11.2 Å². The van der Waals surface area contributed by atoms with Crippen LogP contribution in [0.4, 0.5) is 0 Å². The molecule has 1 saturated carbocycles. The lowest BCUT2D eigenvalue weighted by atomic mass is 9.75. The maximum absolute atomic E-state index is 9.69. The van der Waals surface area contributed by atoms with E-state index < -0.39 is 0 Å². The van der Waals surface area contributed by atoms with Gasteiger partial charge in [0.05, 0.1) is 6.10 Å². The summed E-state index contributed by atoms with van der Waals surface area (Å²) in [6.07, 6.45) is 3.40. The van der Waals surface area contributed by atoms with Crippen molar-refractivity contribution in [2.24, 2.45) is 11.8 Å². The largest absolute Gasteiger partial charge is 0.393 e. The molecular formula is C10H19O. The molecule has 1 fully saturated rings. The van der Waals surface area contributed by atoms with Crippen LogP contribution in [0.3, 0.4) is 0 Å². The van der Waals surface area contributed by atoms with Gasteiger partial charge in [0.2, 0.25) is 0 Å². The summed E-state index contributed by atoms with van der Waals surface area (Å²) in [6, 6.07) is 0. The first-order chi connectivity index (χ1) is 5.11. The van der Waals surface area contributed by atoms with Crippen molar-refractivity contribution in [1.29, 1.82) is 0 Å². The molecule has 1 heteroatoms. The van der Waals surface area contributed by atoms with Gasteiger partial charge in [0.15, 0.2) is 0 Å². The Morgan fingerprint density at radius 1 is 1.27 bits per heavy atom. The van der Waals surface area contributed by atoms with Gasteiger partial charge in [-0.15, -0.1) is 0 Å². The molecule has 0 aromatic carbocycles. The second kappa shape index (κ2) is 3.57. The minimum atomic E-state index is -0.0660. The first-order valence-electron chi connectivity index (χ1n) is 4.59. The molecule has 0 heterocycles. The van der Waals surface area contributed by atoms with Crippen LogP contribution in [0.1, 0.15) is 40.0 Å². The van der Waals surface area contributed by atoms with Gasteiger partial charge in [0.1, 0.15) is 0 Å². The number of rotatable bonds is 1. The standard InChI is InChI=1S/C10H19O/c1-7(2)9-5-4-8(3)6-10(9)11/h8-11H,4-6H2,1-3H3. The van der Waals surface area contributed by atoms with Crippen molar-refractivity contribution in [2.45, 2.75) is 46.1 Å². The van der Waals surface area contributed by atoms with E-state index in [1.54, 1.807) is 0 Å². The van der Waals surface area contributed by atoms with Crippen LogP contribution in [-0.2, 0) is 0 Å². The van der Waals surface area contributed by atoms with Crippen LogP contribution >= 0.6 is 0 Å². The molecule has 0 saturated heterocycles. The van der Waals surface area contributed by atoms with Crippen LogP contribution in [0, 0.1) is 17.8 Å². The third kappa shape index (κ3) is 2.19. The molecule has 1 nitrogen and oxygen atoms in total. The van der Waals surface area contributed by atoms with Gasteiger partial charge in [-0.25, -0.2) is 0 Å². The maximum Gasteiger partial charge on any atom is 0.0576 e. The Balaban J connectivity index is 2.44. The highest BCUT2D eigenvalue weighted by molar-refractivity contribution is 4.94. The summed E-state index contributed by atoms with van der Waals surface area (Å²) in [7, 11) is 0. The lowest BCUT2D eigenvalue weighted by Gasteiger charge is -2.33. The molecule has 1 N–H and O–H groups in total. The van der Waals surface area contributed by atoms with Gasteiger partial charge in [-0.1, -0.05) is 27.2 Å². The average molecular weight is 155 g/mol. The Morgan fingerprint density at radius 3 is 2.36 bits per heavy atom.